The van der Waals surface area contributed by atoms with Gasteiger partial charge >= 0.3 is 11.9 Å². The Hall–Kier alpha value is -1.88. The molecule has 3 N–H and O–H groups in total. The summed E-state index contributed by atoms with van der Waals surface area (Å²) in [4.78, 5) is 21.6. The largest absolute Gasteiger partial charge is 0.480 e. The van der Waals surface area contributed by atoms with Gasteiger partial charge in [-0.3, -0.25) is 4.79 Å². The number of benzene rings is 1. The molecule has 1 atom stereocenters. The molecule has 0 spiro atoms. The summed E-state index contributed by atoms with van der Waals surface area (Å²) >= 11 is 0. The van der Waals surface area contributed by atoms with E-state index in [1.165, 1.54) is 0 Å². The molecule has 0 saturated heterocycles. The summed E-state index contributed by atoms with van der Waals surface area (Å²) in [6.07, 6.45) is 0. The molecule has 1 aromatic carbocycles. The van der Waals surface area contributed by atoms with Crippen LogP contribution >= 0.6 is 0 Å². The van der Waals surface area contributed by atoms with Crippen molar-refractivity contribution >= 4 is 11.9 Å². The number of carbonyl (C=O) groups is 2. The average Bonchev–Trinajstić information content (AvgIpc) is 2.26. The fourth-order valence-corrected chi connectivity index (χ4v) is 0.894. The summed E-state index contributed by atoms with van der Waals surface area (Å²) in [5.41, 5.74) is 5.54. The normalized spacial score (nSPS) is 11.8. The summed E-state index contributed by atoms with van der Waals surface area (Å²) in [5.74, 6) is -1.77. The van der Waals surface area contributed by atoms with Crippen LogP contribution in [-0.4, -0.2) is 29.7 Å². The summed E-state index contributed by atoms with van der Waals surface area (Å²) in [7, 11) is 0. The highest BCUT2D eigenvalue weighted by Crippen LogP contribution is 2.01. The van der Waals surface area contributed by atoms with E-state index in [-0.39, 0.29) is 6.61 Å². The average molecular weight is 209 g/mol. The molecule has 0 unspecified atom stereocenters. The van der Waals surface area contributed by atoms with E-state index >= 15 is 0 Å². The molecule has 0 fully saturated rings. The SMILES string of the molecule is N[C@H](COC(=O)c1ccccc1)C(=O)O. The van der Waals surface area contributed by atoms with Crippen molar-refractivity contribution in [2.75, 3.05) is 6.61 Å². The van der Waals surface area contributed by atoms with Crippen molar-refractivity contribution in [2.24, 2.45) is 5.73 Å². The Morgan fingerprint density at radius 1 is 1.33 bits per heavy atom. The van der Waals surface area contributed by atoms with Gasteiger partial charge in [0, 0.05) is 0 Å². The molecule has 0 aromatic heterocycles. The van der Waals surface area contributed by atoms with Gasteiger partial charge in [0.05, 0.1) is 5.56 Å². The Kier molecular flexibility index (Phi) is 3.82. The molecule has 0 amide bonds. The molecule has 80 valence electrons. The fourth-order valence-electron chi connectivity index (χ4n) is 0.894. The number of hydrogen-bond acceptors (Lipinski definition) is 4. The number of carbonyl (C=O) groups excluding carboxylic acids is 1. The molecule has 5 nitrogen and oxygen atoms in total. The molecule has 0 aliphatic rings. The molecule has 1 rings (SSSR count). The van der Waals surface area contributed by atoms with E-state index in [9.17, 15) is 9.59 Å². The van der Waals surface area contributed by atoms with Crippen LogP contribution in [0.5, 0.6) is 0 Å². The maximum Gasteiger partial charge on any atom is 0.338 e. The highest BCUT2D eigenvalue weighted by Gasteiger charge is 2.14. The van der Waals surface area contributed by atoms with Crippen LogP contribution in [0.1, 0.15) is 10.4 Å². The second kappa shape index (κ2) is 5.11. The van der Waals surface area contributed by atoms with Gasteiger partial charge in [0.1, 0.15) is 12.6 Å². The standard InChI is InChI=1S/C10H11NO4/c11-8(9(12)13)6-15-10(14)7-4-2-1-3-5-7/h1-5,8H,6,11H2,(H,12,13)/t8-/m1/s1. The summed E-state index contributed by atoms with van der Waals surface area (Å²) in [6, 6.07) is 7.11. The minimum Gasteiger partial charge on any atom is -0.480 e. The predicted molar refractivity (Wildman–Crippen MR) is 52.3 cm³/mol. The van der Waals surface area contributed by atoms with Crippen LogP contribution in [0.2, 0.25) is 0 Å². The summed E-state index contributed by atoms with van der Waals surface area (Å²) in [6.45, 7) is -0.330. The van der Waals surface area contributed by atoms with Gasteiger partial charge in [-0.15, -0.1) is 0 Å². The van der Waals surface area contributed by atoms with Crippen molar-refractivity contribution < 1.29 is 19.4 Å². The molecule has 15 heavy (non-hydrogen) atoms. The van der Waals surface area contributed by atoms with Gasteiger partial charge in [0.2, 0.25) is 0 Å². The van der Waals surface area contributed by atoms with Gasteiger partial charge in [-0.05, 0) is 12.1 Å². The van der Waals surface area contributed by atoms with Crippen LogP contribution in [-0.2, 0) is 9.53 Å². The van der Waals surface area contributed by atoms with E-state index in [1.807, 2.05) is 0 Å². The smallest absolute Gasteiger partial charge is 0.338 e. The van der Waals surface area contributed by atoms with E-state index in [0.29, 0.717) is 5.56 Å². The van der Waals surface area contributed by atoms with E-state index in [4.69, 9.17) is 15.6 Å². The Morgan fingerprint density at radius 3 is 2.47 bits per heavy atom. The van der Waals surface area contributed by atoms with E-state index < -0.39 is 18.0 Å². The lowest BCUT2D eigenvalue weighted by atomic mass is 10.2. The van der Waals surface area contributed by atoms with Crippen molar-refractivity contribution in [2.45, 2.75) is 6.04 Å². The van der Waals surface area contributed by atoms with Crippen LogP contribution in [0.4, 0.5) is 0 Å². The Bertz CT molecular complexity index is 350. The van der Waals surface area contributed by atoms with Crippen molar-refractivity contribution in [3.8, 4) is 0 Å². The highest BCUT2D eigenvalue weighted by atomic mass is 16.5. The lowest BCUT2D eigenvalue weighted by Gasteiger charge is -2.07. The van der Waals surface area contributed by atoms with Crippen molar-refractivity contribution in [3.05, 3.63) is 35.9 Å². The number of aliphatic carboxylic acids is 1. The number of carboxylic acid groups (broad SMARTS) is 1. The first-order valence-electron chi connectivity index (χ1n) is 4.32. The third kappa shape index (κ3) is 3.40. The number of ether oxygens (including phenoxy) is 1. The molecule has 0 bridgehead atoms. The minimum atomic E-state index is -1.20. The van der Waals surface area contributed by atoms with Gasteiger partial charge < -0.3 is 15.6 Å². The molecule has 0 aliphatic heterocycles. The van der Waals surface area contributed by atoms with Crippen LogP contribution < -0.4 is 5.73 Å². The number of carboxylic acids is 1. The lowest BCUT2D eigenvalue weighted by Crippen LogP contribution is -2.35. The van der Waals surface area contributed by atoms with Crippen molar-refractivity contribution in [3.63, 3.8) is 0 Å². The summed E-state index contributed by atoms with van der Waals surface area (Å²) < 4.78 is 4.71. The quantitative estimate of drug-likeness (QED) is 0.694. The Morgan fingerprint density at radius 2 is 1.93 bits per heavy atom. The maximum atomic E-state index is 11.3. The highest BCUT2D eigenvalue weighted by molar-refractivity contribution is 5.89. The van der Waals surface area contributed by atoms with E-state index in [2.05, 4.69) is 0 Å². The van der Waals surface area contributed by atoms with Crippen LogP contribution in [0.3, 0.4) is 0 Å². The number of esters is 1. The molecular formula is C10H11NO4. The van der Waals surface area contributed by atoms with Crippen molar-refractivity contribution in [1.29, 1.82) is 0 Å². The van der Waals surface area contributed by atoms with Gasteiger partial charge in [0.15, 0.2) is 0 Å². The molecule has 5 heteroatoms. The monoisotopic (exact) mass is 209 g/mol. The number of rotatable bonds is 4. The third-order valence-corrected chi connectivity index (χ3v) is 1.72. The lowest BCUT2D eigenvalue weighted by molar-refractivity contribution is -0.139. The topological polar surface area (TPSA) is 89.6 Å². The zero-order chi connectivity index (χ0) is 11.3. The summed E-state index contributed by atoms with van der Waals surface area (Å²) in [5, 5.41) is 8.45. The fraction of sp³-hybridized carbons (Fsp3) is 0.200. The van der Waals surface area contributed by atoms with Crippen molar-refractivity contribution in [1.82, 2.24) is 0 Å². The second-order valence-corrected chi connectivity index (χ2v) is 2.91. The van der Waals surface area contributed by atoms with Gasteiger partial charge in [0.25, 0.3) is 0 Å². The van der Waals surface area contributed by atoms with E-state index in [1.54, 1.807) is 30.3 Å². The number of nitrogens with two attached hydrogens (primary N) is 1. The van der Waals surface area contributed by atoms with Crippen LogP contribution in [0.25, 0.3) is 0 Å². The third-order valence-electron chi connectivity index (χ3n) is 1.72. The molecule has 1 aromatic rings. The Labute approximate surface area is 86.5 Å². The van der Waals surface area contributed by atoms with Gasteiger partial charge in [-0.1, -0.05) is 18.2 Å². The Balaban J connectivity index is 2.47. The zero-order valence-electron chi connectivity index (χ0n) is 7.92. The number of hydrogen-bond donors (Lipinski definition) is 2. The molecule has 0 radical (unpaired) electrons. The molecule has 0 aliphatic carbocycles. The first-order chi connectivity index (χ1) is 7.11. The first-order valence-corrected chi connectivity index (χ1v) is 4.32. The molecule has 0 saturated carbocycles. The minimum absolute atomic E-state index is 0.330. The van der Waals surface area contributed by atoms with Crippen LogP contribution in [0, 0.1) is 0 Å². The van der Waals surface area contributed by atoms with Crippen LogP contribution in [0.15, 0.2) is 30.3 Å². The molecule has 0 heterocycles. The molecular weight excluding hydrogens is 198 g/mol. The zero-order valence-corrected chi connectivity index (χ0v) is 7.92. The maximum absolute atomic E-state index is 11.3. The second-order valence-electron chi connectivity index (χ2n) is 2.91. The van der Waals surface area contributed by atoms with Gasteiger partial charge in [-0.25, -0.2) is 4.79 Å². The first kappa shape index (κ1) is 11.2. The predicted octanol–water partition coefficient (Wildman–Crippen LogP) is 0.255. The van der Waals surface area contributed by atoms with E-state index in [0.717, 1.165) is 0 Å². The van der Waals surface area contributed by atoms with Gasteiger partial charge in [-0.2, -0.15) is 0 Å².